The smallest absolute Gasteiger partial charge is 0.254 e. The second-order valence-electron chi connectivity index (χ2n) is 5.16. The lowest BCUT2D eigenvalue weighted by Crippen LogP contribution is -2.39. The monoisotopic (exact) mass is 294 g/mol. The van der Waals surface area contributed by atoms with Crippen molar-refractivity contribution in [2.75, 3.05) is 13.1 Å². The molecule has 1 aromatic heterocycles. The number of amides is 1. The Morgan fingerprint density at radius 2 is 2.00 bits per heavy atom. The van der Waals surface area contributed by atoms with E-state index in [9.17, 15) is 4.79 Å². The first-order valence-electron chi connectivity index (χ1n) is 6.09. The Morgan fingerprint density at radius 3 is 2.59 bits per heavy atom. The molecule has 2 aliphatic rings. The Labute approximate surface area is 109 Å². The van der Waals surface area contributed by atoms with E-state index in [0.29, 0.717) is 5.41 Å². The number of hydrogen-bond acceptors (Lipinski definition) is 2. The van der Waals surface area contributed by atoms with Crippen molar-refractivity contribution in [2.45, 2.75) is 25.7 Å². The van der Waals surface area contributed by atoms with Gasteiger partial charge in [0.15, 0.2) is 0 Å². The summed E-state index contributed by atoms with van der Waals surface area (Å²) in [6, 6.07) is 3.58. The third kappa shape index (κ3) is 2.23. The predicted molar refractivity (Wildman–Crippen MR) is 68.7 cm³/mol. The second kappa shape index (κ2) is 4.09. The van der Waals surface area contributed by atoms with Gasteiger partial charge in [-0.25, -0.2) is 4.98 Å². The fourth-order valence-corrected chi connectivity index (χ4v) is 2.94. The molecule has 1 aromatic rings. The quantitative estimate of drug-likeness (QED) is 0.746. The van der Waals surface area contributed by atoms with Gasteiger partial charge in [0.2, 0.25) is 0 Å². The highest BCUT2D eigenvalue weighted by Gasteiger charge is 2.45. The Bertz CT molecular complexity index is 446. The molecule has 1 aliphatic carbocycles. The molecular formula is C13H15BrN2O. The van der Waals surface area contributed by atoms with Gasteiger partial charge in [0.25, 0.3) is 5.91 Å². The zero-order valence-electron chi connectivity index (χ0n) is 9.66. The Morgan fingerprint density at radius 1 is 1.29 bits per heavy atom. The van der Waals surface area contributed by atoms with Crippen molar-refractivity contribution in [1.29, 1.82) is 0 Å². The van der Waals surface area contributed by atoms with Gasteiger partial charge >= 0.3 is 0 Å². The highest BCUT2D eigenvalue weighted by atomic mass is 79.9. The van der Waals surface area contributed by atoms with Crippen LogP contribution in [-0.2, 0) is 0 Å². The fraction of sp³-hybridized carbons (Fsp3) is 0.538. The van der Waals surface area contributed by atoms with Gasteiger partial charge in [-0.3, -0.25) is 4.79 Å². The summed E-state index contributed by atoms with van der Waals surface area (Å²) in [6.07, 6.45) is 6.78. The number of halogens is 1. The van der Waals surface area contributed by atoms with Gasteiger partial charge in [-0.1, -0.05) is 0 Å². The maximum Gasteiger partial charge on any atom is 0.254 e. The number of rotatable bonds is 1. The first-order chi connectivity index (χ1) is 8.19. The van der Waals surface area contributed by atoms with E-state index in [1.165, 1.54) is 25.7 Å². The summed E-state index contributed by atoms with van der Waals surface area (Å²) in [5.74, 6) is 0.142. The molecule has 2 heterocycles. The van der Waals surface area contributed by atoms with E-state index < -0.39 is 0 Å². The molecule has 2 fully saturated rings. The van der Waals surface area contributed by atoms with Crippen LogP contribution in [0.15, 0.2) is 22.9 Å². The van der Waals surface area contributed by atoms with Gasteiger partial charge in [-0.2, -0.15) is 0 Å². The molecule has 0 bridgehead atoms. The number of piperidine rings is 1. The van der Waals surface area contributed by atoms with Crippen LogP contribution in [0.25, 0.3) is 0 Å². The van der Waals surface area contributed by atoms with Gasteiger partial charge in [-0.05, 0) is 59.2 Å². The molecule has 1 amide bonds. The molecule has 1 saturated carbocycles. The van der Waals surface area contributed by atoms with Crippen LogP contribution >= 0.6 is 15.9 Å². The third-order valence-corrected chi connectivity index (χ3v) is 4.48. The van der Waals surface area contributed by atoms with Crippen LogP contribution in [0.4, 0.5) is 0 Å². The van der Waals surface area contributed by atoms with Gasteiger partial charge in [0.05, 0.1) is 0 Å². The molecule has 90 valence electrons. The first kappa shape index (κ1) is 11.2. The largest absolute Gasteiger partial charge is 0.339 e. The number of hydrogen-bond donors (Lipinski definition) is 0. The van der Waals surface area contributed by atoms with Crippen LogP contribution in [0.5, 0.6) is 0 Å². The van der Waals surface area contributed by atoms with E-state index in [-0.39, 0.29) is 5.91 Å². The molecule has 0 unspecified atom stereocenters. The van der Waals surface area contributed by atoms with Crippen LogP contribution in [0.2, 0.25) is 0 Å². The zero-order chi connectivity index (χ0) is 11.9. The maximum absolute atomic E-state index is 12.3. The zero-order valence-corrected chi connectivity index (χ0v) is 11.2. The van der Waals surface area contributed by atoms with E-state index >= 15 is 0 Å². The van der Waals surface area contributed by atoms with E-state index in [1.807, 2.05) is 4.90 Å². The molecule has 1 saturated heterocycles. The van der Waals surface area contributed by atoms with Crippen LogP contribution in [0, 0.1) is 5.41 Å². The number of nitrogens with zero attached hydrogens (tertiary/aromatic N) is 2. The topological polar surface area (TPSA) is 33.2 Å². The number of pyridine rings is 1. The van der Waals surface area contributed by atoms with Crippen molar-refractivity contribution in [3.8, 4) is 0 Å². The molecule has 0 aromatic carbocycles. The molecule has 17 heavy (non-hydrogen) atoms. The van der Waals surface area contributed by atoms with E-state index in [4.69, 9.17) is 0 Å². The van der Waals surface area contributed by atoms with Gasteiger partial charge in [0.1, 0.15) is 4.60 Å². The Kier molecular flexibility index (Phi) is 2.69. The molecule has 1 aliphatic heterocycles. The molecular weight excluding hydrogens is 280 g/mol. The van der Waals surface area contributed by atoms with Crippen molar-refractivity contribution in [3.63, 3.8) is 0 Å². The molecule has 0 radical (unpaired) electrons. The summed E-state index contributed by atoms with van der Waals surface area (Å²) in [4.78, 5) is 18.3. The molecule has 0 atom stereocenters. The molecule has 4 heteroatoms. The summed E-state index contributed by atoms with van der Waals surface area (Å²) in [5, 5.41) is 0. The van der Waals surface area contributed by atoms with Gasteiger partial charge < -0.3 is 4.90 Å². The van der Waals surface area contributed by atoms with Crippen molar-refractivity contribution < 1.29 is 4.79 Å². The average molecular weight is 295 g/mol. The van der Waals surface area contributed by atoms with E-state index in [0.717, 1.165) is 23.3 Å². The summed E-state index contributed by atoms with van der Waals surface area (Å²) in [7, 11) is 0. The van der Waals surface area contributed by atoms with Gasteiger partial charge in [-0.15, -0.1) is 0 Å². The average Bonchev–Trinajstić information content (AvgIpc) is 3.09. The summed E-state index contributed by atoms with van der Waals surface area (Å²) < 4.78 is 0.721. The number of likely N-dealkylation sites (tertiary alicyclic amines) is 1. The van der Waals surface area contributed by atoms with Crippen LogP contribution in [0.1, 0.15) is 36.0 Å². The maximum atomic E-state index is 12.3. The first-order valence-corrected chi connectivity index (χ1v) is 6.89. The van der Waals surface area contributed by atoms with Crippen LogP contribution in [0.3, 0.4) is 0 Å². The Balaban J connectivity index is 1.70. The molecule has 3 rings (SSSR count). The van der Waals surface area contributed by atoms with E-state index in [2.05, 4.69) is 20.9 Å². The lowest BCUT2D eigenvalue weighted by atomic mass is 9.93. The van der Waals surface area contributed by atoms with Crippen LogP contribution in [-0.4, -0.2) is 28.9 Å². The minimum absolute atomic E-state index is 0.142. The van der Waals surface area contributed by atoms with Crippen molar-refractivity contribution in [3.05, 3.63) is 28.5 Å². The standard InChI is InChI=1S/C13H15BrN2O/c14-11-9-10(1-6-15-11)12(17)16-7-4-13(2-3-13)5-8-16/h1,6,9H,2-5,7-8H2. The highest BCUT2D eigenvalue weighted by Crippen LogP contribution is 2.53. The summed E-state index contributed by atoms with van der Waals surface area (Å²) in [5.41, 5.74) is 1.36. The SMILES string of the molecule is O=C(c1ccnc(Br)c1)N1CCC2(CC1)CC2. The van der Waals surface area contributed by atoms with Crippen molar-refractivity contribution in [1.82, 2.24) is 9.88 Å². The normalized spacial score (nSPS) is 21.6. The predicted octanol–water partition coefficient (Wildman–Crippen LogP) is 2.86. The minimum atomic E-state index is 0.142. The highest BCUT2D eigenvalue weighted by molar-refractivity contribution is 9.10. The summed E-state index contributed by atoms with van der Waals surface area (Å²) >= 11 is 3.30. The van der Waals surface area contributed by atoms with Crippen LogP contribution < -0.4 is 0 Å². The van der Waals surface area contributed by atoms with E-state index in [1.54, 1.807) is 18.3 Å². The number of carbonyl (C=O) groups excluding carboxylic acids is 1. The van der Waals surface area contributed by atoms with Crippen molar-refractivity contribution >= 4 is 21.8 Å². The summed E-state index contributed by atoms with van der Waals surface area (Å²) in [6.45, 7) is 1.83. The second-order valence-corrected chi connectivity index (χ2v) is 5.97. The molecule has 0 N–H and O–H groups in total. The lowest BCUT2D eigenvalue weighted by molar-refractivity contribution is 0.0678. The minimum Gasteiger partial charge on any atom is -0.339 e. The number of carbonyl (C=O) groups is 1. The Hall–Kier alpha value is -0.900. The molecule has 3 nitrogen and oxygen atoms in total. The lowest BCUT2D eigenvalue weighted by Gasteiger charge is -2.32. The fourth-order valence-electron chi connectivity index (χ4n) is 2.58. The van der Waals surface area contributed by atoms with Crippen molar-refractivity contribution in [2.24, 2.45) is 5.41 Å². The van der Waals surface area contributed by atoms with Gasteiger partial charge in [0, 0.05) is 24.8 Å². The number of aromatic nitrogens is 1. The third-order valence-electron chi connectivity index (χ3n) is 4.04. The molecule has 1 spiro atoms.